The highest BCUT2D eigenvalue weighted by atomic mass is 16.3. The molecule has 0 bridgehead atoms. The summed E-state index contributed by atoms with van der Waals surface area (Å²) < 4.78 is 2.00. The van der Waals surface area contributed by atoms with Crippen molar-refractivity contribution in [2.45, 2.75) is 20.4 Å². The largest absolute Gasteiger partial charge is 0.502 e. The summed E-state index contributed by atoms with van der Waals surface area (Å²) in [4.78, 5) is 11.0. The van der Waals surface area contributed by atoms with Crippen LogP contribution in [-0.4, -0.2) is 11.4 Å². The zero-order chi connectivity index (χ0) is 11.7. The number of rotatable bonds is 2. The average molecular weight is 216 g/mol. The van der Waals surface area contributed by atoms with Crippen LogP contribution in [0.5, 0.6) is 5.75 Å². The Bertz CT molecular complexity index is 561. The van der Waals surface area contributed by atoms with E-state index in [9.17, 15) is 9.90 Å². The predicted molar refractivity (Wildman–Crippen MR) is 61.6 cm³/mol. The average Bonchev–Trinajstić information content (AvgIpc) is 2.31. The lowest BCUT2D eigenvalue weighted by atomic mass is 10.1. The number of aryl methyl sites for hydroxylation is 1. The minimum atomic E-state index is 0.0792. The third-order valence-electron chi connectivity index (χ3n) is 2.92. The SMILES string of the molecule is CC[n+]1c(C)c(O)c(C=O)c2ccccc21. The molecule has 0 spiro atoms. The molecule has 16 heavy (non-hydrogen) atoms. The third kappa shape index (κ3) is 1.36. The Morgan fingerprint density at radius 2 is 2.06 bits per heavy atom. The van der Waals surface area contributed by atoms with Gasteiger partial charge in [0.1, 0.15) is 6.54 Å². The van der Waals surface area contributed by atoms with Crippen molar-refractivity contribution in [1.29, 1.82) is 0 Å². The van der Waals surface area contributed by atoms with Crippen molar-refractivity contribution in [3.05, 3.63) is 35.5 Å². The fourth-order valence-corrected chi connectivity index (χ4v) is 2.09. The highest BCUT2D eigenvalue weighted by Gasteiger charge is 2.20. The van der Waals surface area contributed by atoms with Crippen LogP contribution in [0.15, 0.2) is 24.3 Å². The molecule has 0 atom stereocenters. The number of benzene rings is 1. The number of pyridine rings is 1. The fraction of sp³-hybridized carbons (Fsp3) is 0.231. The zero-order valence-electron chi connectivity index (χ0n) is 9.40. The number of aldehydes is 1. The summed E-state index contributed by atoms with van der Waals surface area (Å²) in [5, 5.41) is 10.7. The summed E-state index contributed by atoms with van der Waals surface area (Å²) in [7, 11) is 0. The molecule has 82 valence electrons. The summed E-state index contributed by atoms with van der Waals surface area (Å²) in [6, 6.07) is 7.60. The van der Waals surface area contributed by atoms with Crippen molar-refractivity contribution >= 4 is 17.2 Å². The normalized spacial score (nSPS) is 10.6. The Morgan fingerprint density at radius 3 is 2.69 bits per heavy atom. The lowest BCUT2D eigenvalue weighted by Crippen LogP contribution is -2.37. The Hall–Kier alpha value is -1.90. The predicted octanol–water partition coefficient (Wildman–Crippen LogP) is 1.97. The quantitative estimate of drug-likeness (QED) is 0.616. The molecule has 2 rings (SSSR count). The van der Waals surface area contributed by atoms with Gasteiger partial charge in [-0.25, -0.2) is 0 Å². The molecule has 3 heteroatoms. The van der Waals surface area contributed by atoms with Gasteiger partial charge in [-0.15, -0.1) is 0 Å². The Labute approximate surface area is 94.0 Å². The van der Waals surface area contributed by atoms with E-state index < -0.39 is 0 Å². The summed E-state index contributed by atoms with van der Waals surface area (Å²) in [5.74, 6) is 0.0792. The number of aromatic nitrogens is 1. The van der Waals surface area contributed by atoms with E-state index in [1.165, 1.54) is 0 Å². The van der Waals surface area contributed by atoms with Crippen molar-refractivity contribution in [2.24, 2.45) is 0 Å². The van der Waals surface area contributed by atoms with Gasteiger partial charge in [0.05, 0.1) is 10.9 Å². The van der Waals surface area contributed by atoms with Crippen LogP contribution in [0.4, 0.5) is 0 Å². The van der Waals surface area contributed by atoms with Crippen LogP contribution >= 0.6 is 0 Å². The maximum atomic E-state index is 11.0. The standard InChI is InChI=1S/C13H13NO2/c1-3-14-9(2)13(16)11(8-15)10-6-4-5-7-12(10)14/h4-8H,3H2,1-2H3/p+1. The second kappa shape index (κ2) is 3.93. The molecule has 0 radical (unpaired) electrons. The van der Waals surface area contributed by atoms with Crippen molar-refractivity contribution in [2.75, 3.05) is 0 Å². The lowest BCUT2D eigenvalue weighted by Gasteiger charge is -2.07. The number of carbonyl (C=O) groups excluding carboxylic acids is 1. The number of aromatic hydroxyl groups is 1. The van der Waals surface area contributed by atoms with E-state index in [2.05, 4.69) is 0 Å². The molecule has 0 saturated carbocycles. The molecule has 1 heterocycles. The third-order valence-corrected chi connectivity index (χ3v) is 2.92. The maximum absolute atomic E-state index is 11.0. The molecular weight excluding hydrogens is 202 g/mol. The number of hydrogen-bond donors (Lipinski definition) is 1. The van der Waals surface area contributed by atoms with Gasteiger partial charge in [0.15, 0.2) is 12.0 Å². The summed E-state index contributed by atoms with van der Waals surface area (Å²) in [6.07, 6.45) is 0.713. The first-order valence-electron chi connectivity index (χ1n) is 5.30. The molecule has 0 unspecified atom stereocenters. The van der Waals surface area contributed by atoms with E-state index in [0.717, 1.165) is 23.1 Å². The van der Waals surface area contributed by atoms with Crippen LogP contribution in [-0.2, 0) is 6.54 Å². The topological polar surface area (TPSA) is 41.2 Å². The molecule has 0 aliphatic carbocycles. The Kier molecular flexibility index (Phi) is 2.60. The van der Waals surface area contributed by atoms with Gasteiger partial charge in [-0.3, -0.25) is 4.79 Å². The van der Waals surface area contributed by atoms with E-state index in [0.29, 0.717) is 11.8 Å². The van der Waals surface area contributed by atoms with Crippen molar-refractivity contribution in [3.8, 4) is 5.75 Å². The molecule has 0 aliphatic heterocycles. The molecule has 1 aromatic heterocycles. The van der Waals surface area contributed by atoms with E-state index in [1.54, 1.807) is 0 Å². The van der Waals surface area contributed by atoms with E-state index in [4.69, 9.17) is 0 Å². The van der Waals surface area contributed by atoms with Crippen LogP contribution in [0.25, 0.3) is 10.9 Å². The minimum absolute atomic E-state index is 0.0792. The molecule has 1 aromatic carbocycles. The van der Waals surface area contributed by atoms with Crippen LogP contribution in [0, 0.1) is 6.92 Å². The van der Waals surface area contributed by atoms with Gasteiger partial charge in [0.2, 0.25) is 11.2 Å². The second-order valence-electron chi connectivity index (χ2n) is 3.73. The minimum Gasteiger partial charge on any atom is -0.502 e. The first-order valence-corrected chi connectivity index (χ1v) is 5.30. The number of nitrogens with zero attached hydrogens (tertiary/aromatic N) is 1. The first kappa shape index (κ1) is 10.6. The van der Waals surface area contributed by atoms with Crippen LogP contribution in [0.2, 0.25) is 0 Å². The highest BCUT2D eigenvalue weighted by molar-refractivity contribution is 5.97. The van der Waals surface area contributed by atoms with Crippen molar-refractivity contribution in [3.63, 3.8) is 0 Å². The molecule has 0 saturated heterocycles. The van der Waals surface area contributed by atoms with Crippen molar-refractivity contribution in [1.82, 2.24) is 0 Å². The maximum Gasteiger partial charge on any atom is 0.221 e. The molecule has 0 amide bonds. The molecule has 3 nitrogen and oxygen atoms in total. The van der Waals surface area contributed by atoms with Gasteiger partial charge in [-0.2, -0.15) is 4.57 Å². The van der Waals surface area contributed by atoms with Crippen LogP contribution in [0.3, 0.4) is 0 Å². The van der Waals surface area contributed by atoms with E-state index in [1.807, 2.05) is 42.7 Å². The van der Waals surface area contributed by atoms with Gasteiger partial charge < -0.3 is 5.11 Å². The molecule has 0 fully saturated rings. The summed E-state index contributed by atoms with van der Waals surface area (Å²) in [5.41, 5.74) is 2.07. The summed E-state index contributed by atoms with van der Waals surface area (Å²) in [6.45, 7) is 4.59. The van der Waals surface area contributed by atoms with E-state index >= 15 is 0 Å². The fourth-order valence-electron chi connectivity index (χ4n) is 2.09. The van der Waals surface area contributed by atoms with E-state index in [-0.39, 0.29) is 5.75 Å². The highest BCUT2D eigenvalue weighted by Crippen LogP contribution is 2.25. The Morgan fingerprint density at radius 1 is 1.38 bits per heavy atom. The number of para-hydroxylation sites is 1. The van der Waals surface area contributed by atoms with Crippen molar-refractivity contribution < 1.29 is 14.5 Å². The van der Waals surface area contributed by atoms with Gasteiger partial charge in [-0.1, -0.05) is 12.1 Å². The smallest absolute Gasteiger partial charge is 0.221 e. The molecule has 1 N–H and O–H groups in total. The molecule has 2 aromatic rings. The summed E-state index contributed by atoms with van der Waals surface area (Å²) >= 11 is 0. The Balaban J connectivity index is 3.00. The van der Waals surface area contributed by atoms with Crippen LogP contribution in [0.1, 0.15) is 23.0 Å². The number of fused-ring (bicyclic) bond motifs is 1. The van der Waals surface area contributed by atoms with Crippen LogP contribution < -0.4 is 4.57 Å². The second-order valence-corrected chi connectivity index (χ2v) is 3.73. The zero-order valence-corrected chi connectivity index (χ0v) is 9.40. The monoisotopic (exact) mass is 216 g/mol. The van der Waals surface area contributed by atoms with Gasteiger partial charge >= 0.3 is 0 Å². The molecule has 0 aliphatic rings. The molecular formula is C13H14NO2+. The van der Waals surface area contributed by atoms with Gasteiger partial charge in [0, 0.05) is 13.0 Å². The lowest BCUT2D eigenvalue weighted by molar-refractivity contribution is -0.674. The first-order chi connectivity index (χ1) is 7.70. The number of carbonyl (C=O) groups is 1. The number of hydrogen-bond acceptors (Lipinski definition) is 2. The van der Waals surface area contributed by atoms with Gasteiger partial charge in [-0.05, 0) is 13.0 Å². The van der Waals surface area contributed by atoms with Gasteiger partial charge in [0.25, 0.3) is 0 Å².